The highest BCUT2D eigenvalue weighted by Crippen LogP contribution is 2.11. The molecule has 0 unspecified atom stereocenters. The molecule has 0 aromatic rings. The van der Waals surface area contributed by atoms with Crippen LogP contribution >= 0.6 is 31.9 Å². The van der Waals surface area contributed by atoms with Gasteiger partial charge in [-0.25, -0.2) is 4.79 Å². The van der Waals surface area contributed by atoms with E-state index in [1.54, 1.807) is 6.08 Å². The van der Waals surface area contributed by atoms with Gasteiger partial charge in [-0.1, -0.05) is 69.7 Å². The number of hydrogen-bond acceptors (Lipinski definition) is 2. The molecule has 0 bridgehead atoms. The molecule has 5 heteroatoms. The number of carbonyl (C=O) groups excluding carboxylic acids is 1. The van der Waals surface area contributed by atoms with Crippen LogP contribution in [-0.4, -0.2) is 25.5 Å². The molecule has 2 nitrogen and oxygen atoms in total. The number of halogens is 2. The fraction of sp³-hybridized carbons (Fsp3) is 0.750. The summed E-state index contributed by atoms with van der Waals surface area (Å²) in [7, 11) is 0.0419. The molecule has 0 atom stereocenters. The van der Waals surface area contributed by atoms with Gasteiger partial charge in [0.05, 0.1) is 9.97 Å². The topological polar surface area (TPSA) is 26.3 Å². The molecule has 0 aliphatic rings. The Morgan fingerprint density at radius 2 is 1.88 bits per heavy atom. The molecule has 0 saturated carbocycles. The molecule has 0 aromatic heterocycles. The minimum Gasteiger partial charge on any atom is -0.463 e. The molecule has 0 aliphatic carbocycles. The smallest absolute Gasteiger partial charge is 0.330 e. The van der Waals surface area contributed by atoms with Crippen LogP contribution < -0.4 is 0 Å². The third-order valence-electron chi connectivity index (χ3n) is 2.36. The molecule has 0 radical (unpaired) electrons. The zero-order chi connectivity index (χ0) is 12.9. The predicted octanol–water partition coefficient (Wildman–Crippen LogP) is 3.72. The number of allylic oxidation sites excluding steroid dienone is 1. The highest BCUT2D eigenvalue weighted by Gasteiger charge is 1.99. The first kappa shape index (κ1) is 17.4. The Bertz CT molecular complexity index is 221. The van der Waals surface area contributed by atoms with Crippen molar-refractivity contribution in [3.8, 4) is 0 Å². The van der Waals surface area contributed by atoms with Crippen LogP contribution in [0, 0.1) is 0 Å². The van der Waals surface area contributed by atoms with Gasteiger partial charge in [-0.3, -0.25) is 0 Å². The van der Waals surface area contributed by atoms with Crippen molar-refractivity contribution >= 4 is 47.3 Å². The SMILES string of the molecule is CC=CC(=O)OCCCCCCC[SiH2]C(Br)Br. The molecule has 0 rings (SSSR count). The molecule has 0 aromatic carbocycles. The standard InChI is InChI=1S/C12H22Br2O2Si/c1-2-8-11(15)16-9-6-4-3-5-7-10-17-12(13)14/h2,8,12H,3-7,9-10,17H2,1H3. The van der Waals surface area contributed by atoms with Crippen molar-refractivity contribution in [3.05, 3.63) is 12.2 Å². The van der Waals surface area contributed by atoms with Gasteiger partial charge >= 0.3 is 5.97 Å². The van der Waals surface area contributed by atoms with Crippen LogP contribution in [0.3, 0.4) is 0 Å². The van der Waals surface area contributed by atoms with Gasteiger partial charge < -0.3 is 4.74 Å². The van der Waals surface area contributed by atoms with Gasteiger partial charge in [-0.05, 0) is 13.3 Å². The number of ether oxygens (including phenoxy) is 1. The number of hydrogen-bond donors (Lipinski definition) is 0. The zero-order valence-corrected chi connectivity index (χ0v) is 15.0. The number of unbranched alkanes of at least 4 members (excludes halogenated alkanes) is 4. The van der Waals surface area contributed by atoms with Gasteiger partial charge in [0.15, 0.2) is 0 Å². The van der Waals surface area contributed by atoms with E-state index < -0.39 is 0 Å². The third kappa shape index (κ3) is 14.3. The van der Waals surface area contributed by atoms with Gasteiger partial charge in [0.2, 0.25) is 0 Å². The van der Waals surface area contributed by atoms with Gasteiger partial charge in [0.1, 0.15) is 0 Å². The second kappa shape index (κ2) is 12.8. The molecule has 17 heavy (non-hydrogen) atoms. The minimum absolute atomic E-state index is 0.0419. The van der Waals surface area contributed by atoms with Crippen molar-refractivity contribution in [1.29, 1.82) is 0 Å². The summed E-state index contributed by atoms with van der Waals surface area (Å²) in [4.78, 5) is 11.0. The Balaban J connectivity index is 3.11. The van der Waals surface area contributed by atoms with Crippen LogP contribution in [0.1, 0.15) is 39.0 Å². The minimum atomic E-state index is -0.223. The van der Waals surface area contributed by atoms with E-state index in [2.05, 4.69) is 31.9 Å². The van der Waals surface area contributed by atoms with E-state index in [-0.39, 0.29) is 15.5 Å². The number of carbonyl (C=O) groups is 1. The van der Waals surface area contributed by atoms with Crippen molar-refractivity contribution in [2.24, 2.45) is 0 Å². The molecule has 0 amide bonds. The Morgan fingerprint density at radius 3 is 2.53 bits per heavy atom. The lowest BCUT2D eigenvalue weighted by atomic mass is 10.2. The highest BCUT2D eigenvalue weighted by atomic mass is 79.9. The Kier molecular flexibility index (Phi) is 13.1. The first-order chi connectivity index (χ1) is 8.16. The first-order valence-corrected chi connectivity index (χ1v) is 9.89. The maximum Gasteiger partial charge on any atom is 0.330 e. The molecule has 0 saturated heterocycles. The number of rotatable bonds is 10. The maximum atomic E-state index is 11.0. The largest absolute Gasteiger partial charge is 0.463 e. The zero-order valence-electron chi connectivity index (χ0n) is 10.5. The molecule has 0 N–H and O–H groups in total. The van der Waals surface area contributed by atoms with E-state index in [4.69, 9.17) is 4.74 Å². The molecule has 0 spiro atoms. The molecule has 0 aliphatic heterocycles. The van der Waals surface area contributed by atoms with Crippen LogP contribution in [0.2, 0.25) is 6.04 Å². The predicted molar refractivity (Wildman–Crippen MR) is 83.9 cm³/mol. The maximum absolute atomic E-state index is 11.0. The lowest BCUT2D eigenvalue weighted by Gasteiger charge is -2.03. The van der Waals surface area contributed by atoms with E-state index in [9.17, 15) is 4.79 Å². The van der Waals surface area contributed by atoms with Crippen LogP contribution in [0.15, 0.2) is 12.2 Å². The average molecular weight is 386 g/mol. The van der Waals surface area contributed by atoms with E-state index in [0.717, 1.165) is 12.8 Å². The molecular formula is C12H22Br2O2Si. The second-order valence-corrected chi connectivity index (χ2v) is 11.9. The van der Waals surface area contributed by atoms with Crippen LogP contribution in [0.4, 0.5) is 0 Å². The van der Waals surface area contributed by atoms with Crippen molar-refractivity contribution in [3.63, 3.8) is 0 Å². The lowest BCUT2D eigenvalue weighted by molar-refractivity contribution is -0.137. The third-order valence-corrected chi connectivity index (χ3v) is 6.46. The van der Waals surface area contributed by atoms with Crippen molar-refractivity contribution in [1.82, 2.24) is 0 Å². The molecular weight excluding hydrogens is 364 g/mol. The molecule has 0 fully saturated rings. The second-order valence-electron chi connectivity index (χ2n) is 3.97. The Labute approximate surface area is 124 Å². The summed E-state index contributed by atoms with van der Waals surface area (Å²) in [5, 5.41) is 0. The van der Waals surface area contributed by atoms with Crippen molar-refractivity contribution in [2.45, 2.75) is 48.4 Å². The van der Waals surface area contributed by atoms with Gasteiger partial charge in [-0.2, -0.15) is 0 Å². The van der Waals surface area contributed by atoms with E-state index >= 15 is 0 Å². The van der Waals surface area contributed by atoms with E-state index in [1.165, 1.54) is 31.4 Å². The number of alkyl halides is 2. The summed E-state index contributed by atoms with van der Waals surface area (Å²) in [5.74, 6) is -0.223. The van der Waals surface area contributed by atoms with Gasteiger partial charge in [0, 0.05) is 15.6 Å². The first-order valence-electron chi connectivity index (χ1n) is 6.24. The van der Waals surface area contributed by atoms with Crippen molar-refractivity contribution < 1.29 is 9.53 Å². The summed E-state index contributed by atoms with van der Waals surface area (Å²) in [6, 6.07) is 1.40. The average Bonchev–Trinajstić information content (AvgIpc) is 2.27. The van der Waals surface area contributed by atoms with Crippen LogP contribution in [0.25, 0.3) is 0 Å². The Hall–Kier alpha value is 0.387. The van der Waals surface area contributed by atoms with Crippen LogP contribution in [0.5, 0.6) is 0 Å². The summed E-state index contributed by atoms with van der Waals surface area (Å²) in [6.07, 6.45) is 9.22. The van der Waals surface area contributed by atoms with Crippen molar-refractivity contribution in [2.75, 3.05) is 6.61 Å². The quantitative estimate of drug-likeness (QED) is 0.188. The fourth-order valence-corrected chi connectivity index (χ4v) is 4.36. The summed E-state index contributed by atoms with van der Waals surface area (Å²) >= 11 is 7.06. The lowest BCUT2D eigenvalue weighted by Crippen LogP contribution is -2.02. The normalized spacial score (nSPS) is 12.0. The summed E-state index contributed by atoms with van der Waals surface area (Å²) < 4.78 is 5.61. The Morgan fingerprint density at radius 1 is 1.24 bits per heavy atom. The highest BCUT2D eigenvalue weighted by molar-refractivity contribution is 9.25. The summed E-state index contributed by atoms with van der Waals surface area (Å²) in [5.41, 5.74) is 0. The monoisotopic (exact) mass is 384 g/mol. The summed E-state index contributed by atoms with van der Waals surface area (Å²) in [6.45, 7) is 2.37. The molecule has 100 valence electrons. The van der Waals surface area contributed by atoms with E-state index in [0.29, 0.717) is 9.97 Å². The van der Waals surface area contributed by atoms with Crippen LogP contribution in [-0.2, 0) is 9.53 Å². The molecule has 0 heterocycles. The number of esters is 1. The van der Waals surface area contributed by atoms with E-state index in [1.807, 2.05) is 6.92 Å². The van der Waals surface area contributed by atoms with Gasteiger partial charge in [0.25, 0.3) is 0 Å². The fourth-order valence-electron chi connectivity index (χ4n) is 1.46. The van der Waals surface area contributed by atoms with Gasteiger partial charge in [-0.15, -0.1) is 0 Å².